The van der Waals surface area contributed by atoms with Crippen LogP contribution in [-0.4, -0.2) is 81.5 Å². The quantitative estimate of drug-likeness (QED) is 0.347. The van der Waals surface area contributed by atoms with Crippen LogP contribution in [0.25, 0.3) is 32.9 Å². The van der Waals surface area contributed by atoms with Crippen LogP contribution >= 0.6 is 0 Å². The maximum Gasteiger partial charge on any atom is 0.319 e. The summed E-state index contributed by atoms with van der Waals surface area (Å²) in [5.74, 6) is 4.30. The van der Waals surface area contributed by atoms with Crippen molar-refractivity contribution in [2.45, 2.75) is 62.2 Å². The molecule has 0 amide bonds. The predicted octanol–water partition coefficient (Wildman–Crippen LogP) is 4.24. The normalized spacial score (nSPS) is 25.3. The summed E-state index contributed by atoms with van der Waals surface area (Å²) in [5, 5.41) is 17.0. The van der Waals surface area contributed by atoms with Gasteiger partial charge in [0.1, 0.15) is 30.2 Å². The Hall–Kier alpha value is -4.13. The number of aromatic nitrogens is 3. The van der Waals surface area contributed by atoms with Crippen LogP contribution in [-0.2, 0) is 0 Å². The molecule has 9 rings (SSSR count). The smallest absolute Gasteiger partial charge is 0.319 e. The Morgan fingerprint density at radius 2 is 1.98 bits per heavy atom. The van der Waals surface area contributed by atoms with Crippen LogP contribution in [0, 0.1) is 12.3 Å². The van der Waals surface area contributed by atoms with Crippen LogP contribution in [0.5, 0.6) is 17.6 Å². The molecule has 3 unspecified atom stereocenters. The average molecular weight is 575 g/mol. The fourth-order valence-corrected chi connectivity index (χ4v) is 8.49. The van der Waals surface area contributed by atoms with Crippen LogP contribution in [0.3, 0.4) is 0 Å². The van der Waals surface area contributed by atoms with Crippen molar-refractivity contribution in [2.24, 2.45) is 0 Å². The number of pyridine rings is 1. The molecule has 7 heterocycles. The second-order valence-electron chi connectivity index (χ2n) is 12.9. The van der Waals surface area contributed by atoms with Gasteiger partial charge in [0.2, 0.25) is 5.88 Å². The topological polar surface area (TPSA) is 95.9 Å². The molecule has 2 aromatic heterocycles. The number of terminal acetylenes is 1. The summed E-state index contributed by atoms with van der Waals surface area (Å²) in [4.78, 5) is 20.1. The molecule has 2 N–H and O–H groups in total. The van der Waals surface area contributed by atoms with E-state index in [4.69, 9.17) is 30.8 Å². The van der Waals surface area contributed by atoms with Gasteiger partial charge < -0.3 is 24.8 Å². The van der Waals surface area contributed by atoms with E-state index < -0.39 is 0 Å². The van der Waals surface area contributed by atoms with Crippen molar-refractivity contribution in [3.05, 3.63) is 42.0 Å². The third-order valence-electron chi connectivity index (χ3n) is 10.5. The molecule has 4 fully saturated rings. The van der Waals surface area contributed by atoms with Gasteiger partial charge in [0.25, 0.3) is 0 Å². The van der Waals surface area contributed by atoms with Gasteiger partial charge >= 0.3 is 6.01 Å². The van der Waals surface area contributed by atoms with Crippen LogP contribution in [0.4, 0.5) is 5.82 Å². The number of ether oxygens (including phenoxy) is 2. The van der Waals surface area contributed by atoms with E-state index in [0.29, 0.717) is 48.4 Å². The molecule has 4 aromatic rings. The number of hydrogen-bond acceptors (Lipinski definition) is 9. The van der Waals surface area contributed by atoms with E-state index in [2.05, 4.69) is 21.0 Å². The summed E-state index contributed by atoms with van der Waals surface area (Å²) in [6.07, 6.45) is 12.9. The van der Waals surface area contributed by atoms with E-state index in [1.165, 1.54) is 12.8 Å². The summed E-state index contributed by atoms with van der Waals surface area (Å²) in [7, 11) is 0. The molecule has 3 atom stereocenters. The molecule has 5 aliphatic heterocycles. The highest BCUT2D eigenvalue weighted by molar-refractivity contribution is 6.03. The minimum absolute atomic E-state index is 0.0902. The molecular formula is C34H34N6O3. The molecule has 5 aliphatic rings. The lowest BCUT2D eigenvalue weighted by atomic mass is 9.95. The SMILES string of the molecule is C#Cc1cccc2cc(O)cc(-c3cc4nc(OCC56CCCN5CCC6)nc5c4c(n3)OCC3C4CCC(CN53)N4)c12. The number of benzene rings is 2. The monoisotopic (exact) mass is 574 g/mol. The molecule has 0 aliphatic carbocycles. The molecular weight excluding hydrogens is 540 g/mol. The van der Waals surface area contributed by atoms with E-state index in [-0.39, 0.29) is 17.3 Å². The second-order valence-corrected chi connectivity index (χ2v) is 12.9. The first-order chi connectivity index (χ1) is 21.1. The molecule has 0 spiro atoms. The molecule has 0 radical (unpaired) electrons. The summed E-state index contributed by atoms with van der Waals surface area (Å²) in [6, 6.07) is 12.5. The van der Waals surface area contributed by atoms with E-state index in [0.717, 1.165) is 78.4 Å². The number of fused-ring (bicyclic) bond motifs is 7. The maximum atomic E-state index is 10.7. The van der Waals surface area contributed by atoms with Crippen molar-refractivity contribution in [1.82, 2.24) is 25.2 Å². The van der Waals surface area contributed by atoms with Gasteiger partial charge in [-0.1, -0.05) is 18.1 Å². The van der Waals surface area contributed by atoms with Crippen molar-refractivity contribution in [3.63, 3.8) is 0 Å². The minimum atomic E-state index is 0.0902. The average Bonchev–Trinajstić information content (AvgIpc) is 3.69. The maximum absolute atomic E-state index is 10.7. The molecule has 2 bridgehead atoms. The van der Waals surface area contributed by atoms with E-state index in [9.17, 15) is 5.11 Å². The number of phenolic OH excluding ortho intramolecular Hbond substituents is 1. The number of aromatic hydroxyl groups is 1. The second kappa shape index (κ2) is 9.43. The van der Waals surface area contributed by atoms with Crippen molar-refractivity contribution >= 4 is 27.5 Å². The predicted molar refractivity (Wildman–Crippen MR) is 165 cm³/mol. The van der Waals surface area contributed by atoms with E-state index >= 15 is 0 Å². The molecule has 9 heteroatoms. The first-order valence-electron chi connectivity index (χ1n) is 15.6. The fraction of sp³-hybridized carbons (Fsp3) is 0.441. The zero-order valence-corrected chi connectivity index (χ0v) is 24.1. The standard InChI is InChI=1S/C34H34N6O3/c1-2-20-6-3-7-21-14-23(41)15-24(29(20)21)26-16-27-30-31(38-33(37-27)43-19-34-10-4-12-39(34)13-5-11-34)40-17-22-8-9-25(35-22)28(40)18-42-32(30)36-26/h1,3,6-7,14-16,22,25,28,35,41H,4-5,8-13,17-19H2. The number of piperazine rings is 1. The first kappa shape index (κ1) is 25.4. The molecule has 43 heavy (non-hydrogen) atoms. The lowest BCUT2D eigenvalue weighted by Gasteiger charge is -2.40. The van der Waals surface area contributed by atoms with Gasteiger partial charge in [-0.25, -0.2) is 4.98 Å². The van der Waals surface area contributed by atoms with Crippen LogP contribution in [0.15, 0.2) is 36.4 Å². The largest absolute Gasteiger partial charge is 0.508 e. The van der Waals surface area contributed by atoms with Crippen molar-refractivity contribution in [1.29, 1.82) is 0 Å². The Morgan fingerprint density at radius 1 is 1.09 bits per heavy atom. The summed E-state index contributed by atoms with van der Waals surface area (Å²) in [6.45, 7) is 4.24. The van der Waals surface area contributed by atoms with E-state index in [1.54, 1.807) is 12.1 Å². The molecule has 218 valence electrons. The van der Waals surface area contributed by atoms with E-state index in [1.807, 2.05) is 24.3 Å². The highest BCUT2D eigenvalue weighted by atomic mass is 16.5. The summed E-state index contributed by atoms with van der Waals surface area (Å²) < 4.78 is 13.1. The fourth-order valence-electron chi connectivity index (χ4n) is 8.49. The highest BCUT2D eigenvalue weighted by Crippen LogP contribution is 2.44. The van der Waals surface area contributed by atoms with Crippen molar-refractivity contribution < 1.29 is 14.6 Å². The van der Waals surface area contributed by atoms with Crippen LogP contribution in [0.2, 0.25) is 0 Å². The molecule has 2 aromatic carbocycles. The van der Waals surface area contributed by atoms with Gasteiger partial charge in [0.05, 0.1) is 22.8 Å². The molecule has 4 saturated heterocycles. The highest BCUT2D eigenvalue weighted by Gasteiger charge is 2.46. The zero-order valence-electron chi connectivity index (χ0n) is 24.1. The first-order valence-corrected chi connectivity index (χ1v) is 15.6. The third-order valence-corrected chi connectivity index (χ3v) is 10.5. The minimum Gasteiger partial charge on any atom is -0.508 e. The van der Waals surface area contributed by atoms with Gasteiger partial charge in [-0.05, 0) is 81.3 Å². The van der Waals surface area contributed by atoms with Gasteiger partial charge in [-0.2, -0.15) is 9.97 Å². The van der Waals surface area contributed by atoms with Crippen LogP contribution < -0.4 is 19.7 Å². The van der Waals surface area contributed by atoms with Crippen molar-refractivity contribution in [3.8, 4) is 41.2 Å². The zero-order chi connectivity index (χ0) is 28.7. The number of anilines is 1. The number of rotatable bonds is 4. The Kier molecular flexibility index (Phi) is 5.57. The Morgan fingerprint density at radius 3 is 2.84 bits per heavy atom. The Balaban J connectivity index is 1.22. The van der Waals surface area contributed by atoms with Gasteiger partial charge in [-0.15, -0.1) is 6.42 Å². The number of hydrogen-bond donors (Lipinski definition) is 2. The van der Waals surface area contributed by atoms with Crippen molar-refractivity contribution in [2.75, 3.05) is 37.7 Å². The summed E-state index contributed by atoms with van der Waals surface area (Å²) in [5.41, 5.74) is 2.92. The van der Waals surface area contributed by atoms with Gasteiger partial charge in [0.15, 0.2) is 0 Å². The lowest BCUT2D eigenvalue weighted by Crippen LogP contribution is -2.60. The van der Waals surface area contributed by atoms with Gasteiger partial charge in [-0.3, -0.25) is 4.90 Å². The third kappa shape index (κ3) is 3.89. The number of phenols is 1. The number of nitrogens with one attached hydrogen (secondary N) is 1. The lowest BCUT2D eigenvalue weighted by molar-refractivity contribution is 0.108. The summed E-state index contributed by atoms with van der Waals surface area (Å²) >= 11 is 0. The van der Waals surface area contributed by atoms with Gasteiger partial charge in [0, 0.05) is 35.1 Å². The molecule has 9 nitrogen and oxygen atoms in total. The Bertz CT molecular complexity index is 1830. The van der Waals surface area contributed by atoms with Crippen LogP contribution in [0.1, 0.15) is 44.1 Å². The Labute approximate surface area is 250 Å². The molecule has 0 saturated carbocycles. The number of nitrogens with zero attached hydrogens (tertiary/aromatic N) is 5.